The third-order valence-corrected chi connectivity index (χ3v) is 4.29. The highest BCUT2D eigenvalue weighted by Gasteiger charge is 2.22. The normalized spacial score (nSPS) is 15.1. The van der Waals surface area contributed by atoms with Crippen LogP contribution in [0.5, 0.6) is 0 Å². The Labute approximate surface area is 148 Å². The Morgan fingerprint density at radius 2 is 1.76 bits per heavy atom. The highest BCUT2D eigenvalue weighted by Crippen LogP contribution is 2.20. The molecule has 0 aliphatic carbocycles. The first-order valence-corrected chi connectivity index (χ1v) is 8.62. The number of likely N-dealkylation sites (tertiary alicyclic amines) is 1. The van der Waals surface area contributed by atoms with Crippen molar-refractivity contribution in [2.75, 3.05) is 18.4 Å². The highest BCUT2D eigenvalue weighted by atomic mass is 16.2. The smallest absolute Gasteiger partial charge is 0.319 e. The summed E-state index contributed by atoms with van der Waals surface area (Å²) in [4.78, 5) is 25.5. The number of carbonyl (C=O) groups is 2. The topological polar surface area (TPSA) is 61.4 Å². The summed E-state index contributed by atoms with van der Waals surface area (Å²) in [6, 6.07) is 17.5. The minimum absolute atomic E-state index is 0.0920. The van der Waals surface area contributed by atoms with Crippen molar-refractivity contribution in [2.24, 2.45) is 0 Å². The summed E-state index contributed by atoms with van der Waals surface area (Å²) in [6.07, 6.45) is 1.53. The molecule has 2 aromatic carbocycles. The van der Waals surface area contributed by atoms with E-state index in [1.807, 2.05) is 49.4 Å². The van der Waals surface area contributed by atoms with E-state index in [-0.39, 0.29) is 18.0 Å². The summed E-state index contributed by atoms with van der Waals surface area (Å²) in [5, 5.41) is 5.71. The first-order chi connectivity index (χ1) is 12.1. The number of hydrogen-bond acceptors (Lipinski definition) is 2. The molecule has 2 N–H and O–H groups in total. The van der Waals surface area contributed by atoms with E-state index in [0.29, 0.717) is 13.0 Å². The van der Waals surface area contributed by atoms with Crippen molar-refractivity contribution in [1.82, 2.24) is 10.2 Å². The van der Waals surface area contributed by atoms with E-state index < -0.39 is 0 Å². The number of anilines is 1. The van der Waals surface area contributed by atoms with Crippen LogP contribution < -0.4 is 10.6 Å². The average molecular weight is 337 g/mol. The van der Waals surface area contributed by atoms with Crippen molar-refractivity contribution >= 4 is 17.6 Å². The summed E-state index contributed by atoms with van der Waals surface area (Å²) in [6.45, 7) is 3.25. The fourth-order valence-electron chi connectivity index (χ4n) is 3.04. The molecule has 1 saturated heterocycles. The Morgan fingerprint density at radius 3 is 2.40 bits per heavy atom. The fraction of sp³-hybridized carbons (Fsp3) is 0.300. The molecule has 0 aromatic heterocycles. The average Bonchev–Trinajstić information content (AvgIpc) is 3.01. The number of nitrogens with one attached hydrogen (secondary N) is 2. The number of benzene rings is 2. The quantitative estimate of drug-likeness (QED) is 0.877. The lowest BCUT2D eigenvalue weighted by molar-refractivity contribution is -0.127. The van der Waals surface area contributed by atoms with Crippen molar-refractivity contribution in [3.05, 3.63) is 54.6 Å². The number of amides is 3. The first-order valence-electron chi connectivity index (χ1n) is 8.62. The molecular formula is C20H23N3O2. The van der Waals surface area contributed by atoms with Gasteiger partial charge in [0.2, 0.25) is 5.91 Å². The van der Waals surface area contributed by atoms with E-state index in [1.54, 1.807) is 4.90 Å². The van der Waals surface area contributed by atoms with Gasteiger partial charge in [-0.15, -0.1) is 0 Å². The van der Waals surface area contributed by atoms with E-state index in [0.717, 1.165) is 29.8 Å². The van der Waals surface area contributed by atoms with Crippen LogP contribution in [0.25, 0.3) is 11.1 Å². The Morgan fingerprint density at radius 1 is 1.08 bits per heavy atom. The van der Waals surface area contributed by atoms with Gasteiger partial charge in [-0.1, -0.05) is 42.5 Å². The van der Waals surface area contributed by atoms with Crippen molar-refractivity contribution in [1.29, 1.82) is 0 Å². The van der Waals surface area contributed by atoms with Crippen LogP contribution >= 0.6 is 0 Å². The van der Waals surface area contributed by atoms with Gasteiger partial charge in [0.15, 0.2) is 0 Å². The Balaban J connectivity index is 1.51. The van der Waals surface area contributed by atoms with Gasteiger partial charge in [-0.25, -0.2) is 4.79 Å². The largest absolute Gasteiger partial charge is 0.341 e. The summed E-state index contributed by atoms with van der Waals surface area (Å²) < 4.78 is 0. The molecule has 1 aliphatic heterocycles. The number of carbonyl (C=O) groups excluding carboxylic acids is 2. The maximum atomic E-state index is 12.1. The molecule has 25 heavy (non-hydrogen) atoms. The maximum absolute atomic E-state index is 12.1. The lowest BCUT2D eigenvalue weighted by Crippen LogP contribution is -2.44. The van der Waals surface area contributed by atoms with Crippen LogP contribution in [0.2, 0.25) is 0 Å². The van der Waals surface area contributed by atoms with Crippen LogP contribution in [0.1, 0.15) is 19.8 Å². The van der Waals surface area contributed by atoms with Crippen molar-refractivity contribution in [3.63, 3.8) is 0 Å². The van der Waals surface area contributed by atoms with E-state index in [1.165, 1.54) is 0 Å². The molecule has 1 unspecified atom stereocenters. The summed E-state index contributed by atoms with van der Waals surface area (Å²) in [5.41, 5.74) is 2.98. The molecule has 3 rings (SSSR count). The van der Waals surface area contributed by atoms with E-state index in [2.05, 4.69) is 22.8 Å². The van der Waals surface area contributed by atoms with E-state index in [9.17, 15) is 9.59 Å². The number of urea groups is 1. The fourth-order valence-corrected chi connectivity index (χ4v) is 3.04. The molecule has 130 valence electrons. The minimum atomic E-state index is -0.258. The predicted octanol–water partition coefficient (Wildman–Crippen LogP) is 3.49. The van der Waals surface area contributed by atoms with Crippen LogP contribution in [0.15, 0.2) is 54.6 Å². The standard InChI is InChI=1S/C20H23N3O2/c1-15(14-23-13-5-8-19(23)24)21-20(25)22-18-11-9-17(10-12-18)16-6-3-2-4-7-16/h2-4,6-7,9-12,15H,5,8,13-14H2,1H3,(H2,21,22,25). The summed E-state index contributed by atoms with van der Waals surface area (Å²) in [5.74, 6) is 0.172. The van der Waals surface area contributed by atoms with Gasteiger partial charge < -0.3 is 15.5 Å². The van der Waals surface area contributed by atoms with Gasteiger partial charge in [-0.2, -0.15) is 0 Å². The Hall–Kier alpha value is -2.82. The second-order valence-electron chi connectivity index (χ2n) is 6.39. The third kappa shape index (κ3) is 4.59. The number of nitrogens with zero attached hydrogens (tertiary/aromatic N) is 1. The molecule has 2 aromatic rings. The van der Waals surface area contributed by atoms with Crippen LogP contribution in [0, 0.1) is 0 Å². The Bertz CT molecular complexity index is 728. The molecule has 0 bridgehead atoms. The minimum Gasteiger partial charge on any atom is -0.341 e. The van der Waals surface area contributed by atoms with Crippen LogP contribution in [0.3, 0.4) is 0 Å². The molecule has 5 heteroatoms. The van der Waals surface area contributed by atoms with Gasteiger partial charge in [0.1, 0.15) is 0 Å². The zero-order valence-corrected chi connectivity index (χ0v) is 14.4. The first kappa shape index (κ1) is 17.0. The molecule has 1 fully saturated rings. The van der Waals surface area contributed by atoms with Crippen molar-refractivity contribution in [2.45, 2.75) is 25.8 Å². The maximum Gasteiger partial charge on any atom is 0.319 e. The Kier molecular flexibility index (Phi) is 5.33. The predicted molar refractivity (Wildman–Crippen MR) is 99.3 cm³/mol. The third-order valence-electron chi connectivity index (χ3n) is 4.29. The van der Waals surface area contributed by atoms with E-state index in [4.69, 9.17) is 0 Å². The molecule has 1 aliphatic rings. The molecule has 0 saturated carbocycles. The van der Waals surface area contributed by atoms with Gasteiger partial charge >= 0.3 is 6.03 Å². The van der Waals surface area contributed by atoms with Crippen LogP contribution in [0.4, 0.5) is 10.5 Å². The van der Waals surface area contributed by atoms with Crippen molar-refractivity contribution in [3.8, 4) is 11.1 Å². The van der Waals surface area contributed by atoms with Crippen molar-refractivity contribution < 1.29 is 9.59 Å². The molecule has 1 atom stereocenters. The molecule has 1 heterocycles. The lowest BCUT2D eigenvalue weighted by atomic mass is 10.1. The second kappa shape index (κ2) is 7.83. The lowest BCUT2D eigenvalue weighted by Gasteiger charge is -2.21. The van der Waals surface area contributed by atoms with Gasteiger partial charge in [0, 0.05) is 31.2 Å². The molecule has 3 amide bonds. The van der Waals surface area contributed by atoms with Gasteiger partial charge in [0.05, 0.1) is 0 Å². The zero-order valence-electron chi connectivity index (χ0n) is 14.4. The molecule has 5 nitrogen and oxygen atoms in total. The summed E-state index contributed by atoms with van der Waals surface area (Å²) >= 11 is 0. The molecule has 0 spiro atoms. The zero-order chi connectivity index (χ0) is 17.6. The van der Waals surface area contributed by atoms with Crippen LogP contribution in [-0.4, -0.2) is 36.0 Å². The van der Waals surface area contributed by atoms with Gasteiger partial charge in [-0.3, -0.25) is 4.79 Å². The van der Waals surface area contributed by atoms with Gasteiger partial charge in [0.25, 0.3) is 0 Å². The van der Waals surface area contributed by atoms with Crippen LogP contribution in [-0.2, 0) is 4.79 Å². The molecule has 0 radical (unpaired) electrons. The monoisotopic (exact) mass is 337 g/mol. The summed E-state index contributed by atoms with van der Waals surface area (Å²) in [7, 11) is 0. The molecular weight excluding hydrogens is 314 g/mol. The SMILES string of the molecule is CC(CN1CCCC1=O)NC(=O)Nc1ccc(-c2ccccc2)cc1. The number of hydrogen-bond donors (Lipinski definition) is 2. The number of rotatable bonds is 5. The van der Waals surface area contributed by atoms with E-state index >= 15 is 0 Å². The second-order valence-corrected chi connectivity index (χ2v) is 6.39. The highest BCUT2D eigenvalue weighted by molar-refractivity contribution is 5.89. The van der Waals surface area contributed by atoms with Gasteiger partial charge in [-0.05, 0) is 36.6 Å².